The largest absolute Gasteiger partial charge is 0.384 e. The number of ether oxygens (including phenoxy) is 1. The van der Waals surface area contributed by atoms with Crippen LogP contribution in [-0.4, -0.2) is 13.7 Å². The van der Waals surface area contributed by atoms with Crippen LogP contribution in [0.15, 0.2) is 24.3 Å². The minimum absolute atomic E-state index is 0.0875. The number of rotatable bonds is 3. The van der Waals surface area contributed by atoms with Gasteiger partial charge in [-0.1, -0.05) is 32.0 Å². The molecule has 0 aromatic heterocycles. The maximum Gasteiger partial charge on any atom is 0.182 e. The van der Waals surface area contributed by atoms with Gasteiger partial charge in [0.05, 0.1) is 6.61 Å². The Morgan fingerprint density at radius 1 is 1.31 bits per heavy atom. The highest BCUT2D eigenvalue weighted by atomic mass is 16.5. The number of hydrogen-bond acceptors (Lipinski definition) is 1. The Labute approximate surface area is 79.2 Å². The molecule has 1 aromatic carbocycles. The first kappa shape index (κ1) is 10.1. The Morgan fingerprint density at radius 2 is 1.92 bits per heavy atom. The molecule has 0 atom stereocenters. The summed E-state index contributed by atoms with van der Waals surface area (Å²) in [6, 6.07) is 7.09. The molecular weight excluding hydrogens is 164 g/mol. The van der Waals surface area contributed by atoms with E-state index in [2.05, 4.69) is 0 Å². The van der Waals surface area contributed by atoms with E-state index in [1.54, 1.807) is 19.2 Å². The first-order valence-corrected chi connectivity index (χ1v) is 4.33. The fourth-order valence-corrected chi connectivity index (χ4v) is 1.46. The lowest BCUT2D eigenvalue weighted by molar-refractivity contribution is 0.144. The van der Waals surface area contributed by atoms with Gasteiger partial charge in [0.25, 0.3) is 0 Å². The summed E-state index contributed by atoms with van der Waals surface area (Å²) in [6.07, 6.45) is 0. The second-order valence-electron chi connectivity index (χ2n) is 3.81. The van der Waals surface area contributed by atoms with Gasteiger partial charge in [0.1, 0.15) is 0 Å². The van der Waals surface area contributed by atoms with E-state index >= 15 is 0 Å². The van der Waals surface area contributed by atoms with Crippen molar-refractivity contribution < 1.29 is 9.84 Å². The third kappa shape index (κ3) is 2.22. The summed E-state index contributed by atoms with van der Waals surface area (Å²) < 4.78 is 5.08. The number of benzene rings is 1. The molecule has 0 unspecified atom stereocenters. The zero-order valence-corrected chi connectivity index (χ0v) is 8.33. The van der Waals surface area contributed by atoms with Crippen molar-refractivity contribution >= 4 is 0 Å². The molecule has 1 radical (unpaired) electrons. The van der Waals surface area contributed by atoms with Crippen LogP contribution < -0.4 is 0 Å². The van der Waals surface area contributed by atoms with Crippen molar-refractivity contribution in [3.8, 4) is 5.75 Å². The van der Waals surface area contributed by atoms with Crippen LogP contribution in [0.2, 0.25) is 0 Å². The molecule has 0 bridgehead atoms. The third-order valence-corrected chi connectivity index (χ3v) is 2.12. The number of hydrogen-bond donors (Lipinski definition) is 0. The lowest BCUT2D eigenvalue weighted by atomic mass is 9.85. The summed E-state index contributed by atoms with van der Waals surface area (Å²) in [5.41, 5.74) is 0.615. The molecule has 0 saturated heterocycles. The maximum atomic E-state index is 11.5. The second-order valence-corrected chi connectivity index (χ2v) is 3.81. The lowest BCUT2D eigenvalue weighted by Crippen LogP contribution is -2.23. The minimum atomic E-state index is -0.201. The number of para-hydroxylation sites is 1. The predicted molar refractivity (Wildman–Crippen MR) is 51.5 cm³/mol. The Balaban J connectivity index is 2.99. The molecule has 0 saturated carbocycles. The molecule has 2 nitrogen and oxygen atoms in total. The Morgan fingerprint density at radius 3 is 2.46 bits per heavy atom. The van der Waals surface area contributed by atoms with E-state index in [0.717, 1.165) is 5.56 Å². The topological polar surface area (TPSA) is 29.1 Å². The van der Waals surface area contributed by atoms with Crippen molar-refractivity contribution in [2.75, 3.05) is 13.7 Å². The van der Waals surface area contributed by atoms with E-state index in [1.807, 2.05) is 26.0 Å². The van der Waals surface area contributed by atoms with Gasteiger partial charge in [-0.25, -0.2) is 0 Å². The molecule has 0 N–H and O–H groups in total. The Bertz CT molecular complexity index is 279. The zero-order valence-electron chi connectivity index (χ0n) is 8.33. The molecule has 2 heteroatoms. The van der Waals surface area contributed by atoms with E-state index in [9.17, 15) is 5.11 Å². The van der Waals surface area contributed by atoms with E-state index in [0.29, 0.717) is 6.61 Å². The first-order chi connectivity index (χ1) is 6.08. The fraction of sp³-hybridized carbons (Fsp3) is 0.455. The molecule has 0 aliphatic rings. The molecule has 0 heterocycles. The summed E-state index contributed by atoms with van der Waals surface area (Å²) in [4.78, 5) is 0. The van der Waals surface area contributed by atoms with Gasteiger partial charge in [-0.15, -0.1) is 0 Å². The fourth-order valence-electron chi connectivity index (χ4n) is 1.46. The maximum absolute atomic E-state index is 11.5. The van der Waals surface area contributed by atoms with Crippen LogP contribution in [0.5, 0.6) is 5.75 Å². The van der Waals surface area contributed by atoms with Gasteiger partial charge in [-0.2, -0.15) is 0 Å². The molecular formula is C11H15O2. The Hall–Kier alpha value is -1.02. The highest BCUT2D eigenvalue weighted by Crippen LogP contribution is 2.30. The predicted octanol–water partition coefficient (Wildman–Crippen LogP) is 2.75. The van der Waals surface area contributed by atoms with Gasteiger partial charge in [-0.05, 0) is 6.07 Å². The van der Waals surface area contributed by atoms with Crippen molar-refractivity contribution in [3.05, 3.63) is 29.8 Å². The molecule has 71 valence electrons. The normalized spacial score (nSPS) is 11.6. The smallest absolute Gasteiger partial charge is 0.182 e. The second kappa shape index (κ2) is 3.79. The van der Waals surface area contributed by atoms with Gasteiger partial charge in [0.15, 0.2) is 5.75 Å². The van der Waals surface area contributed by atoms with E-state index < -0.39 is 0 Å². The molecule has 0 aliphatic carbocycles. The van der Waals surface area contributed by atoms with Crippen LogP contribution in [0.25, 0.3) is 0 Å². The van der Waals surface area contributed by atoms with Gasteiger partial charge in [0.2, 0.25) is 0 Å². The average molecular weight is 179 g/mol. The monoisotopic (exact) mass is 179 g/mol. The first-order valence-electron chi connectivity index (χ1n) is 4.33. The summed E-state index contributed by atoms with van der Waals surface area (Å²) in [5.74, 6) is 0.0875. The van der Waals surface area contributed by atoms with Crippen molar-refractivity contribution in [2.24, 2.45) is 0 Å². The SMILES string of the molecule is COCC(C)(C)c1ccccc1[O]. The minimum Gasteiger partial charge on any atom is -0.384 e. The quantitative estimate of drug-likeness (QED) is 0.701. The van der Waals surface area contributed by atoms with Gasteiger partial charge < -0.3 is 4.74 Å². The lowest BCUT2D eigenvalue weighted by Gasteiger charge is -2.23. The summed E-state index contributed by atoms with van der Waals surface area (Å²) >= 11 is 0. The van der Waals surface area contributed by atoms with Crippen LogP contribution in [0.3, 0.4) is 0 Å². The highest BCUT2D eigenvalue weighted by molar-refractivity contribution is 5.37. The highest BCUT2D eigenvalue weighted by Gasteiger charge is 2.23. The molecule has 0 spiro atoms. The van der Waals surface area contributed by atoms with Gasteiger partial charge in [0, 0.05) is 18.1 Å². The molecule has 13 heavy (non-hydrogen) atoms. The van der Waals surface area contributed by atoms with Gasteiger partial charge in [-0.3, -0.25) is 5.11 Å². The Kier molecular flexibility index (Phi) is 2.94. The third-order valence-electron chi connectivity index (χ3n) is 2.12. The summed E-state index contributed by atoms with van der Waals surface area (Å²) in [7, 11) is 1.65. The summed E-state index contributed by atoms with van der Waals surface area (Å²) in [6.45, 7) is 4.58. The van der Waals surface area contributed by atoms with Gasteiger partial charge >= 0.3 is 0 Å². The van der Waals surface area contributed by atoms with E-state index in [-0.39, 0.29) is 11.2 Å². The van der Waals surface area contributed by atoms with Crippen molar-refractivity contribution in [1.82, 2.24) is 0 Å². The molecule has 0 amide bonds. The standard InChI is InChI=1S/C11H15O2/c1-11(2,8-13-3)9-6-4-5-7-10(9)12/h4-7H,8H2,1-3H3. The van der Waals surface area contributed by atoms with Crippen LogP contribution in [0.1, 0.15) is 19.4 Å². The molecule has 1 rings (SSSR count). The van der Waals surface area contributed by atoms with Crippen molar-refractivity contribution in [3.63, 3.8) is 0 Å². The number of methoxy groups -OCH3 is 1. The van der Waals surface area contributed by atoms with Crippen molar-refractivity contribution in [1.29, 1.82) is 0 Å². The van der Waals surface area contributed by atoms with Crippen LogP contribution >= 0.6 is 0 Å². The average Bonchev–Trinajstić information content (AvgIpc) is 2.04. The molecule has 1 aromatic rings. The van der Waals surface area contributed by atoms with Crippen LogP contribution in [0, 0.1) is 0 Å². The van der Waals surface area contributed by atoms with Crippen LogP contribution in [-0.2, 0) is 15.3 Å². The van der Waals surface area contributed by atoms with Crippen molar-refractivity contribution in [2.45, 2.75) is 19.3 Å². The molecule has 0 fully saturated rings. The van der Waals surface area contributed by atoms with E-state index in [1.165, 1.54) is 0 Å². The molecule has 0 aliphatic heterocycles. The summed E-state index contributed by atoms with van der Waals surface area (Å²) in [5, 5.41) is 11.5. The zero-order chi connectivity index (χ0) is 9.90. The van der Waals surface area contributed by atoms with Crippen LogP contribution in [0.4, 0.5) is 0 Å². The van der Waals surface area contributed by atoms with E-state index in [4.69, 9.17) is 4.74 Å².